The maximum absolute atomic E-state index is 13.0. The molecule has 0 radical (unpaired) electrons. The molecule has 10 heteroatoms. The standard InChI is InChI=1S/C19H23N5O4S/c1-21-12-17(20-14-21)29(27,28)23-8-7-16-19(26)22(11-15-5-3-2-4-6-15)13-18(25)24(16)10-9-23/h2-6,12,14,16H,7-11,13H2,1H3. The van der Waals surface area contributed by atoms with E-state index in [0.717, 1.165) is 5.56 Å². The summed E-state index contributed by atoms with van der Waals surface area (Å²) in [6.45, 7) is 0.884. The highest BCUT2D eigenvalue weighted by Gasteiger charge is 2.42. The van der Waals surface area contributed by atoms with E-state index in [2.05, 4.69) is 4.98 Å². The minimum atomic E-state index is -3.77. The number of piperazine rings is 1. The van der Waals surface area contributed by atoms with Crippen molar-refractivity contribution in [3.63, 3.8) is 0 Å². The summed E-state index contributed by atoms with van der Waals surface area (Å²) >= 11 is 0. The fraction of sp³-hybridized carbons (Fsp3) is 0.421. The van der Waals surface area contributed by atoms with Gasteiger partial charge >= 0.3 is 0 Å². The Kier molecular flexibility index (Phi) is 5.13. The van der Waals surface area contributed by atoms with Gasteiger partial charge in [-0.15, -0.1) is 0 Å². The van der Waals surface area contributed by atoms with Crippen LogP contribution < -0.4 is 0 Å². The number of carbonyl (C=O) groups excluding carboxylic acids is 2. The van der Waals surface area contributed by atoms with Crippen molar-refractivity contribution in [2.24, 2.45) is 7.05 Å². The second-order valence-corrected chi connectivity index (χ2v) is 9.24. The van der Waals surface area contributed by atoms with Gasteiger partial charge in [0.25, 0.3) is 10.0 Å². The molecule has 3 heterocycles. The van der Waals surface area contributed by atoms with Crippen LogP contribution in [0, 0.1) is 0 Å². The zero-order chi connectivity index (χ0) is 20.6. The first kappa shape index (κ1) is 19.6. The molecule has 0 aliphatic carbocycles. The largest absolute Gasteiger partial charge is 0.339 e. The summed E-state index contributed by atoms with van der Waals surface area (Å²) in [4.78, 5) is 32.8. The monoisotopic (exact) mass is 417 g/mol. The fourth-order valence-electron chi connectivity index (χ4n) is 3.84. The molecule has 1 aromatic heterocycles. The van der Waals surface area contributed by atoms with Crippen molar-refractivity contribution in [2.75, 3.05) is 26.2 Å². The molecular weight excluding hydrogens is 394 g/mol. The van der Waals surface area contributed by atoms with Gasteiger partial charge in [0.2, 0.25) is 11.8 Å². The van der Waals surface area contributed by atoms with Crippen LogP contribution in [0.15, 0.2) is 47.9 Å². The fourth-order valence-corrected chi connectivity index (χ4v) is 5.25. The molecule has 2 saturated heterocycles. The van der Waals surface area contributed by atoms with E-state index in [-0.39, 0.29) is 49.4 Å². The van der Waals surface area contributed by atoms with Gasteiger partial charge in [-0.25, -0.2) is 13.4 Å². The molecule has 1 aromatic carbocycles. The SMILES string of the molecule is Cn1cnc(S(=O)(=O)N2CCC3C(=O)N(Cc4ccccc4)CC(=O)N3CC2)c1. The van der Waals surface area contributed by atoms with E-state index < -0.39 is 16.1 Å². The van der Waals surface area contributed by atoms with E-state index in [1.165, 1.54) is 21.7 Å². The van der Waals surface area contributed by atoms with Crippen molar-refractivity contribution in [3.05, 3.63) is 48.4 Å². The first-order valence-electron chi connectivity index (χ1n) is 9.46. The normalized spacial score (nSPS) is 21.2. The Labute approximate surface area is 169 Å². The molecule has 29 heavy (non-hydrogen) atoms. The van der Waals surface area contributed by atoms with Gasteiger partial charge < -0.3 is 14.4 Å². The molecule has 0 spiro atoms. The van der Waals surface area contributed by atoms with Crippen LogP contribution in [0.1, 0.15) is 12.0 Å². The number of aryl methyl sites for hydroxylation is 1. The molecular formula is C19H23N5O4S. The predicted molar refractivity (Wildman–Crippen MR) is 104 cm³/mol. The molecule has 2 aliphatic heterocycles. The van der Waals surface area contributed by atoms with Gasteiger partial charge in [-0.1, -0.05) is 30.3 Å². The number of sulfonamides is 1. The van der Waals surface area contributed by atoms with Crippen LogP contribution in [0.3, 0.4) is 0 Å². The van der Waals surface area contributed by atoms with Gasteiger partial charge in [0.1, 0.15) is 12.6 Å². The maximum Gasteiger partial charge on any atom is 0.262 e. The van der Waals surface area contributed by atoms with Crippen LogP contribution in [0.25, 0.3) is 0 Å². The van der Waals surface area contributed by atoms with E-state index in [4.69, 9.17) is 0 Å². The molecule has 0 bridgehead atoms. The topological polar surface area (TPSA) is 95.8 Å². The lowest BCUT2D eigenvalue weighted by molar-refractivity contribution is -0.156. The third-order valence-corrected chi connectivity index (χ3v) is 7.15. The minimum absolute atomic E-state index is 0.0111. The number of hydrogen-bond acceptors (Lipinski definition) is 5. The lowest BCUT2D eigenvalue weighted by atomic mass is 10.1. The third-order valence-electron chi connectivity index (χ3n) is 5.36. The van der Waals surface area contributed by atoms with E-state index in [1.807, 2.05) is 30.3 Å². The number of amides is 2. The summed E-state index contributed by atoms with van der Waals surface area (Å²) in [5, 5.41) is -0.0248. The summed E-state index contributed by atoms with van der Waals surface area (Å²) in [6, 6.07) is 8.88. The first-order valence-corrected chi connectivity index (χ1v) is 10.9. The van der Waals surface area contributed by atoms with Crippen LogP contribution in [-0.4, -0.2) is 76.1 Å². The average Bonchev–Trinajstić information content (AvgIpc) is 3.01. The molecule has 0 saturated carbocycles. The van der Waals surface area contributed by atoms with Crippen molar-refractivity contribution in [1.82, 2.24) is 23.7 Å². The van der Waals surface area contributed by atoms with Crippen LogP contribution in [0.4, 0.5) is 0 Å². The van der Waals surface area contributed by atoms with Crippen molar-refractivity contribution in [3.8, 4) is 0 Å². The summed E-state index contributed by atoms with van der Waals surface area (Å²) in [5.74, 6) is -0.284. The summed E-state index contributed by atoms with van der Waals surface area (Å²) in [6.07, 6.45) is 3.15. The zero-order valence-electron chi connectivity index (χ0n) is 16.1. The van der Waals surface area contributed by atoms with Gasteiger partial charge in [0, 0.05) is 39.4 Å². The molecule has 2 amide bonds. The summed E-state index contributed by atoms with van der Waals surface area (Å²) in [7, 11) is -2.06. The second-order valence-electron chi connectivity index (χ2n) is 7.35. The molecule has 9 nitrogen and oxygen atoms in total. The van der Waals surface area contributed by atoms with E-state index in [1.54, 1.807) is 16.5 Å². The maximum atomic E-state index is 13.0. The highest BCUT2D eigenvalue weighted by atomic mass is 32.2. The number of fused-ring (bicyclic) bond motifs is 1. The smallest absolute Gasteiger partial charge is 0.262 e. The molecule has 2 aromatic rings. The lowest BCUT2D eigenvalue weighted by Gasteiger charge is -2.39. The Bertz CT molecular complexity index is 1020. The van der Waals surface area contributed by atoms with Crippen LogP contribution in [-0.2, 0) is 33.2 Å². The molecule has 4 rings (SSSR count). The molecule has 154 valence electrons. The third kappa shape index (κ3) is 3.77. The number of imidazole rings is 1. The van der Waals surface area contributed by atoms with Gasteiger partial charge in [0.05, 0.1) is 6.33 Å². The number of carbonyl (C=O) groups is 2. The summed E-state index contributed by atoms with van der Waals surface area (Å²) < 4.78 is 28.6. The van der Waals surface area contributed by atoms with Crippen molar-refractivity contribution in [1.29, 1.82) is 0 Å². The van der Waals surface area contributed by atoms with Gasteiger partial charge in [0.15, 0.2) is 5.03 Å². The number of aromatic nitrogens is 2. The number of hydrogen-bond donors (Lipinski definition) is 0. The van der Waals surface area contributed by atoms with Gasteiger partial charge in [-0.3, -0.25) is 9.59 Å². The number of benzene rings is 1. The number of nitrogens with zero attached hydrogens (tertiary/aromatic N) is 5. The van der Waals surface area contributed by atoms with Crippen molar-refractivity contribution >= 4 is 21.8 Å². The molecule has 2 aliphatic rings. The molecule has 1 atom stereocenters. The average molecular weight is 417 g/mol. The Morgan fingerprint density at radius 3 is 2.55 bits per heavy atom. The van der Waals surface area contributed by atoms with Crippen LogP contribution in [0.2, 0.25) is 0 Å². The molecule has 2 fully saturated rings. The van der Waals surface area contributed by atoms with Crippen LogP contribution >= 0.6 is 0 Å². The Morgan fingerprint density at radius 1 is 1.10 bits per heavy atom. The first-order chi connectivity index (χ1) is 13.9. The molecule has 1 unspecified atom stereocenters. The Hall–Kier alpha value is -2.72. The Morgan fingerprint density at radius 2 is 1.86 bits per heavy atom. The highest BCUT2D eigenvalue weighted by molar-refractivity contribution is 7.89. The van der Waals surface area contributed by atoms with Crippen molar-refractivity contribution in [2.45, 2.75) is 24.0 Å². The number of rotatable bonds is 4. The Balaban J connectivity index is 1.51. The van der Waals surface area contributed by atoms with Gasteiger partial charge in [-0.05, 0) is 12.0 Å². The predicted octanol–water partition coefficient (Wildman–Crippen LogP) is 0.0541. The zero-order valence-corrected chi connectivity index (χ0v) is 17.0. The van der Waals surface area contributed by atoms with E-state index in [9.17, 15) is 18.0 Å². The summed E-state index contributed by atoms with van der Waals surface area (Å²) in [5.41, 5.74) is 0.954. The molecule has 0 N–H and O–H groups in total. The lowest BCUT2D eigenvalue weighted by Crippen LogP contribution is -2.59. The van der Waals surface area contributed by atoms with Gasteiger partial charge in [-0.2, -0.15) is 4.31 Å². The van der Waals surface area contributed by atoms with E-state index >= 15 is 0 Å². The second kappa shape index (κ2) is 7.60. The highest BCUT2D eigenvalue weighted by Crippen LogP contribution is 2.23. The van der Waals surface area contributed by atoms with Crippen molar-refractivity contribution < 1.29 is 18.0 Å². The minimum Gasteiger partial charge on any atom is -0.339 e. The van der Waals surface area contributed by atoms with Crippen LogP contribution in [0.5, 0.6) is 0 Å². The quantitative estimate of drug-likeness (QED) is 0.701. The van der Waals surface area contributed by atoms with E-state index in [0.29, 0.717) is 6.54 Å².